The van der Waals surface area contributed by atoms with Crippen molar-refractivity contribution in [3.8, 4) is 0 Å². The number of fused-ring (bicyclic) bond motifs is 1. The highest BCUT2D eigenvalue weighted by Gasteiger charge is 2.26. The van der Waals surface area contributed by atoms with Crippen molar-refractivity contribution < 1.29 is 4.79 Å². The molecule has 0 aliphatic carbocycles. The monoisotopic (exact) mass is 466 g/mol. The van der Waals surface area contributed by atoms with Crippen molar-refractivity contribution in [1.82, 2.24) is 19.6 Å². The van der Waals surface area contributed by atoms with Crippen LogP contribution in [0.25, 0.3) is 5.65 Å². The van der Waals surface area contributed by atoms with Crippen LogP contribution in [0.5, 0.6) is 0 Å². The molecular weight excluding hydrogens is 432 g/mol. The molecule has 3 heterocycles. The van der Waals surface area contributed by atoms with Gasteiger partial charge in [-0.1, -0.05) is 60.7 Å². The van der Waals surface area contributed by atoms with Crippen molar-refractivity contribution in [2.45, 2.75) is 51.6 Å². The Balaban J connectivity index is 1.28. The molecule has 1 aliphatic rings. The summed E-state index contributed by atoms with van der Waals surface area (Å²) in [7, 11) is 0. The van der Waals surface area contributed by atoms with Crippen LogP contribution in [0, 0.1) is 13.8 Å². The maximum atomic E-state index is 13.3. The Kier molecular flexibility index (Phi) is 6.96. The van der Waals surface area contributed by atoms with Gasteiger partial charge >= 0.3 is 0 Å². The van der Waals surface area contributed by atoms with Crippen LogP contribution in [0.15, 0.2) is 79.1 Å². The lowest BCUT2D eigenvalue weighted by Crippen LogP contribution is -2.44. The molecule has 1 aliphatic heterocycles. The van der Waals surface area contributed by atoms with Crippen LogP contribution in [-0.4, -0.2) is 39.3 Å². The van der Waals surface area contributed by atoms with Crippen LogP contribution in [0.1, 0.15) is 53.1 Å². The Morgan fingerprint density at radius 3 is 2.46 bits per heavy atom. The minimum Gasteiger partial charge on any atom is -0.353 e. The second kappa shape index (κ2) is 10.4. The standard InChI is InChI=1S/C30H34N4O/c1-22-9-6-7-13-26(22)27(28-20-31-30-23(2)10-8-16-34(28)30)19-29(35)32-25-14-17-33(18-15-25)21-24-11-4-3-5-12-24/h3-13,16,20,25,27H,14-15,17-19,21H2,1-2H3,(H,32,35). The van der Waals surface area contributed by atoms with Gasteiger partial charge in [0.2, 0.25) is 5.91 Å². The zero-order chi connectivity index (χ0) is 24.2. The third-order valence-corrected chi connectivity index (χ3v) is 7.27. The van der Waals surface area contributed by atoms with Gasteiger partial charge in [0.1, 0.15) is 5.65 Å². The van der Waals surface area contributed by atoms with E-state index in [0.717, 1.165) is 49.4 Å². The smallest absolute Gasteiger partial charge is 0.221 e. The summed E-state index contributed by atoms with van der Waals surface area (Å²) in [5, 5.41) is 3.35. The maximum absolute atomic E-state index is 13.3. The topological polar surface area (TPSA) is 49.6 Å². The third-order valence-electron chi connectivity index (χ3n) is 7.27. The van der Waals surface area contributed by atoms with Crippen LogP contribution in [0.4, 0.5) is 0 Å². The van der Waals surface area contributed by atoms with Crippen molar-refractivity contribution in [2.75, 3.05) is 13.1 Å². The summed E-state index contributed by atoms with van der Waals surface area (Å²) >= 11 is 0. The maximum Gasteiger partial charge on any atom is 0.221 e. The number of aromatic nitrogens is 2. The number of nitrogens with zero attached hydrogens (tertiary/aromatic N) is 3. The molecular formula is C30H34N4O. The lowest BCUT2D eigenvalue weighted by Gasteiger charge is -2.32. The molecule has 0 radical (unpaired) electrons. The van der Waals surface area contributed by atoms with Crippen LogP contribution in [0.2, 0.25) is 0 Å². The molecule has 180 valence electrons. The molecule has 5 nitrogen and oxygen atoms in total. The van der Waals surface area contributed by atoms with Gasteiger partial charge in [-0.05, 0) is 55.0 Å². The number of nitrogens with one attached hydrogen (secondary N) is 1. The van der Waals surface area contributed by atoms with E-state index >= 15 is 0 Å². The van der Waals surface area contributed by atoms with Gasteiger partial charge in [-0.15, -0.1) is 0 Å². The molecule has 5 rings (SSSR count). The molecule has 35 heavy (non-hydrogen) atoms. The van der Waals surface area contributed by atoms with Gasteiger partial charge in [-0.3, -0.25) is 9.69 Å². The minimum atomic E-state index is -0.0498. The molecule has 1 atom stereocenters. The first-order valence-corrected chi connectivity index (χ1v) is 12.6. The van der Waals surface area contributed by atoms with E-state index in [-0.39, 0.29) is 17.9 Å². The summed E-state index contributed by atoms with van der Waals surface area (Å²) in [5.41, 5.74) is 6.87. The summed E-state index contributed by atoms with van der Waals surface area (Å²) in [6.07, 6.45) is 6.38. The number of piperidine rings is 1. The minimum absolute atomic E-state index is 0.0498. The molecule has 1 unspecified atom stereocenters. The lowest BCUT2D eigenvalue weighted by molar-refractivity contribution is -0.122. The number of hydrogen-bond donors (Lipinski definition) is 1. The summed E-state index contributed by atoms with van der Waals surface area (Å²) in [5.74, 6) is 0.0635. The number of pyridine rings is 1. The average molecular weight is 467 g/mol. The quantitative estimate of drug-likeness (QED) is 0.405. The van der Waals surface area contributed by atoms with Crippen LogP contribution in [0.3, 0.4) is 0 Å². The van der Waals surface area contributed by atoms with E-state index in [4.69, 9.17) is 0 Å². The number of likely N-dealkylation sites (tertiary alicyclic amines) is 1. The van der Waals surface area contributed by atoms with E-state index in [1.54, 1.807) is 0 Å². The molecule has 0 bridgehead atoms. The molecule has 5 heteroatoms. The second-order valence-electron chi connectivity index (χ2n) is 9.78. The number of amides is 1. The number of hydrogen-bond acceptors (Lipinski definition) is 3. The van der Waals surface area contributed by atoms with E-state index in [1.807, 2.05) is 12.3 Å². The first-order valence-electron chi connectivity index (χ1n) is 12.6. The Hall–Kier alpha value is -3.44. The van der Waals surface area contributed by atoms with Gasteiger partial charge in [0.05, 0.1) is 5.69 Å². The van der Waals surface area contributed by atoms with Crippen LogP contribution in [-0.2, 0) is 11.3 Å². The fraction of sp³-hybridized carbons (Fsp3) is 0.333. The van der Waals surface area contributed by atoms with Crippen molar-refractivity contribution in [3.05, 3.63) is 107 Å². The predicted octanol–water partition coefficient (Wildman–Crippen LogP) is 5.25. The SMILES string of the molecule is Cc1ccccc1C(CC(=O)NC1CCN(Cc2ccccc2)CC1)c1cnc2c(C)cccn12. The van der Waals surface area contributed by atoms with E-state index < -0.39 is 0 Å². The highest BCUT2D eigenvalue weighted by molar-refractivity contribution is 5.78. The van der Waals surface area contributed by atoms with Gasteiger partial charge in [0.15, 0.2) is 0 Å². The number of carbonyl (C=O) groups excluding carboxylic acids is 1. The summed E-state index contributed by atoms with van der Waals surface area (Å²) in [6.45, 7) is 7.19. The van der Waals surface area contributed by atoms with Crippen molar-refractivity contribution in [1.29, 1.82) is 0 Å². The van der Waals surface area contributed by atoms with Crippen molar-refractivity contribution in [3.63, 3.8) is 0 Å². The number of benzene rings is 2. The molecule has 1 saturated heterocycles. The number of aryl methyl sites for hydroxylation is 2. The van der Waals surface area contributed by atoms with Gasteiger partial charge in [-0.2, -0.15) is 0 Å². The summed E-state index contributed by atoms with van der Waals surface area (Å²) in [6, 6.07) is 23.3. The van der Waals surface area contributed by atoms with E-state index in [1.165, 1.54) is 16.7 Å². The van der Waals surface area contributed by atoms with E-state index in [0.29, 0.717) is 6.42 Å². The molecule has 0 saturated carbocycles. The van der Waals surface area contributed by atoms with E-state index in [9.17, 15) is 4.79 Å². The molecule has 1 amide bonds. The largest absolute Gasteiger partial charge is 0.353 e. The Bertz CT molecular complexity index is 1290. The summed E-state index contributed by atoms with van der Waals surface area (Å²) < 4.78 is 2.14. The molecule has 0 spiro atoms. The molecule has 1 N–H and O–H groups in total. The van der Waals surface area contributed by atoms with Gasteiger partial charge < -0.3 is 9.72 Å². The highest BCUT2D eigenvalue weighted by atomic mass is 16.1. The van der Waals surface area contributed by atoms with Gasteiger partial charge in [0, 0.05) is 50.4 Å². The normalized spacial score (nSPS) is 15.8. The Labute approximate surface area is 207 Å². The number of rotatable bonds is 7. The van der Waals surface area contributed by atoms with E-state index in [2.05, 4.69) is 100 Å². The van der Waals surface area contributed by atoms with Crippen LogP contribution >= 0.6 is 0 Å². The Morgan fingerprint density at radius 1 is 0.971 bits per heavy atom. The van der Waals surface area contributed by atoms with Crippen LogP contribution < -0.4 is 5.32 Å². The summed E-state index contributed by atoms with van der Waals surface area (Å²) in [4.78, 5) is 20.5. The Morgan fingerprint density at radius 2 is 1.69 bits per heavy atom. The zero-order valence-corrected chi connectivity index (χ0v) is 20.7. The first-order chi connectivity index (χ1) is 17.1. The number of imidazole rings is 1. The fourth-order valence-electron chi connectivity index (χ4n) is 5.33. The fourth-order valence-corrected chi connectivity index (χ4v) is 5.33. The van der Waals surface area contributed by atoms with Gasteiger partial charge in [-0.25, -0.2) is 4.98 Å². The number of carbonyl (C=O) groups is 1. The van der Waals surface area contributed by atoms with Crippen molar-refractivity contribution in [2.24, 2.45) is 0 Å². The molecule has 2 aromatic carbocycles. The lowest BCUT2D eigenvalue weighted by atomic mass is 9.89. The first kappa shape index (κ1) is 23.3. The van der Waals surface area contributed by atoms with Crippen molar-refractivity contribution >= 4 is 11.6 Å². The third kappa shape index (κ3) is 5.30. The molecule has 4 aromatic rings. The zero-order valence-electron chi connectivity index (χ0n) is 20.7. The molecule has 2 aromatic heterocycles. The van der Waals surface area contributed by atoms with Gasteiger partial charge in [0.25, 0.3) is 0 Å². The predicted molar refractivity (Wildman–Crippen MR) is 140 cm³/mol. The highest BCUT2D eigenvalue weighted by Crippen LogP contribution is 2.31. The average Bonchev–Trinajstić information content (AvgIpc) is 3.30. The molecule has 1 fully saturated rings. The second-order valence-corrected chi connectivity index (χ2v) is 9.78.